The molecule has 0 spiro atoms. The Balaban J connectivity index is 2.92. The molecule has 0 saturated carbocycles. The Morgan fingerprint density at radius 3 is 2.70 bits per heavy atom. The molecule has 0 aliphatic carbocycles. The molecular weight excluding hydrogens is 357 g/mol. The average molecular weight is 370 g/mol. The number of carboxylic acid groups (broad SMARTS) is 1. The summed E-state index contributed by atoms with van der Waals surface area (Å²) in [5.41, 5.74) is 0. The van der Waals surface area contributed by atoms with E-state index in [1.165, 1.54) is 13.2 Å². The summed E-state index contributed by atoms with van der Waals surface area (Å²) in [4.78, 5) is 9.99. The van der Waals surface area contributed by atoms with Crippen molar-refractivity contribution >= 4 is 31.9 Å². The van der Waals surface area contributed by atoms with E-state index in [0.29, 0.717) is 0 Å². The average Bonchev–Trinajstić information content (AvgIpc) is 2.37. The van der Waals surface area contributed by atoms with Crippen LogP contribution in [-0.2, 0) is 14.8 Å². The molecule has 2 N–H and O–H groups in total. The van der Waals surface area contributed by atoms with Crippen LogP contribution < -0.4 is 9.46 Å². The fourth-order valence-electron chi connectivity index (χ4n) is 1.40. The maximum atomic E-state index is 13.4. The molecule has 0 radical (unpaired) electrons. The highest BCUT2D eigenvalue weighted by molar-refractivity contribution is 9.10. The summed E-state index contributed by atoms with van der Waals surface area (Å²) in [6, 6.07) is 2.05. The summed E-state index contributed by atoms with van der Waals surface area (Å²) in [6.07, 6.45) is -0.0236. The Labute approximate surface area is 124 Å². The van der Waals surface area contributed by atoms with Crippen molar-refractivity contribution in [3.8, 4) is 5.75 Å². The van der Waals surface area contributed by atoms with Gasteiger partial charge in [0.05, 0.1) is 11.6 Å². The predicted octanol–water partition coefficient (Wildman–Crippen LogP) is 1.74. The van der Waals surface area contributed by atoms with Crippen LogP contribution in [0, 0.1) is 5.82 Å². The molecule has 112 valence electrons. The van der Waals surface area contributed by atoms with Gasteiger partial charge in [0.1, 0.15) is 16.5 Å². The van der Waals surface area contributed by atoms with Crippen LogP contribution in [0.2, 0.25) is 0 Å². The molecule has 20 heavy (non-hydrogen) atoms. The van der Waals surface area contributed by atoms with E-state index in [2.05, 4.69) is 20.7 Å². The fraction of sp³-hybridized carbons (Fsp3) is 0.364. The molecule has 0 heterocycles. The fourth-order valence-corrected chi connectivity index (χ4v) is 2.96. The molecule has 0 fully saturated rings. The molecule has 9 heteroatoms. The number of methoxy groups -OCH3 is 1. The number of ether oxygens (including phenoxy) is 1. The van der Waals surface area contributed by atoms with E-state index >= 15 is 0 Å². The van der Waals surface area contributed by atoms with Crippen molar-refractivity contribution in [2.24, 2.45) is 0 Å². The molecular formula is C11H13BrFNO5S. The predicted molar refractivity (Wildman–Crippen MR) is 72.7 cm³/mol. The molecule has 1 aromatic rings. The number of halogens is 2. The van der Waals surface area contributed by atoms with Gasteiger partial charge >= 0.3 is 5.97 Å². The lowest BCUT2D eigenvalue weighted by molar-refractivity contribution is -0.137. The number of benzene rings is 1. The van der Waals surface area contributed by atoms with Crippen molar-refractivity contribution in [2.45, 2.75) is 17.7 Å². The second kappa shape index (κ2) is 7.00. The zero-order chi connectivity index (χ0) is 15.3. The lowest BCUT2D eigenvalue weighted by atomic mass is 10.3. The summed E-state index contributed by atoms with van der Waals surface area (Å²) >= 11 is 2.93. The van der Waals surface area contributed by atoms with Crippen LogP contribution in [-0.4, -0.2) is 33.1 Å². The number of nitrogens with one attached hydrogen (secondary N) is 1. The summed E-state index contributed by atoms with van der Waals surface area (Å²) < 4.78 is 44.6. The maximum Gasteiger partial charge on any atom is 0.303 e. The minimum Gasteiger partial charge on any atom is -0.495 e. The van der Waals surface area contributed by atoms with E-state index in [4.69, 9.17) is 9.84 Å². The molecule has 1 aromatic carbocycles. The minimum atomic E-state index is -3.97. The molecule has 0 aliphatic rings. The van der Waals surface area contributed by atoms with E-state index in [1.54, 1.807) is 0 Å². The Kier molecular flexibility index (Phi) is 5.90. The third-order valence-corrected chi connectivity index (χ3v) is 4.45. The van der Waals surface area contributed by atoms with Crippen molar-refractivity contribution in [3.05, 3.63) is 22.4 Å². The smallest absolute Gasteiger partial charge is 0.303 e. The molecule has 6 nitrogen and oxygen atoms in total. The first kappa shape index (κ1) is 16.9. The van der Waals surface area contributed by atoms with Gasteiger partial charge in [-0.3, -0.25) is 4.79 Å². The molecule has 1 rings (SSSR count). The highest BCUT2D eigenvalue weighted by Gasteiger charge is 2.21. The molecule has 0 amide bonds. The maximum absolute atomic E-state index is 13.4. The number of aliphatic carboxylic acids is 1. The van der Waals surface area contributed by atoms with Crippen molar-refractivity contribution < 1.29 is 27.4 Å². The highest BCUT2D eigenvalue weighted by atomic mass is 79.9. The van der Waals surface area contributed by atoms with Gasteiger partial charge in [-0.05, 0) is 34.5 Å². The van der Waals surface area contributed by atoms with Crippen LogP contribution in [0.5, 0.6) is 5.75 Å². The normalized spacial score (nSPS) is 11.3. The number of rotatable bonds is 7. The van der Waals surface area contributed by atoms with E-state index < -0.39 is 21.8 Å². The summed E-state index contributed by atoms with van der Waals surface area (Å²) in [6.45, 7) is -0.0600. The Morgan fingerprint density at radius 1 is 1.50 bits per heavy atom. The number of hydrogen-bond donors (Lipinski definition) is 2. The third-order valence-electron chi connectivity index (χ3n) is 2.36. The van der Waals surface area contributed by atoms with Crippen LogP contribution in [0.1, 0.15) is 12.8 Å². The largest absolute Gasteiger partial charge is 0.495 e. The van der Waals surface area contributed by atoms with Crippen LogP contribution >= 0.6 is 15.9 Å². The van der Waals surface area contributed by atoms with Gasteiger partial charge in [-0.2, -0.15) is 0 Å². The van der Waals surface area contributed by atoms with Gasteiger partial charge < -0.3 is 9.84 Å². The number of hydrogen-bond acceptors (Lipinski definition) is 4. The number of sulfonamides is 1. The molecule has 0 saturated heterocycles. The highest BCUT2D eigenvalue weighted by Crippen LogP contribution is 2.29. The van der Waals surface area contributed by atoms with E-state index in [9.17, 15) is 17.6 Å². The second-order valence-corrected chi connectivity index (χ2v) is 6.40. The Hall–Kier alpha value is -1.19. The summed E-state index contributed by atoms with van der Waals surface area (Å²) in [5, 5.41) is 8.46. The van der Waals surface area contributed by atoms with Crippen molar-refractivity contribution in [3.63, 3.8) is 0 Å². The Bertz CT molecular complexity index is 605. The van der Waals surface area contributed by atoms with Crippen LogP contribution in [0.25, 0.3) is 0 Å². The van der Waals surface area contributed by atoms with E-state index in [1.807, 2.05) is 0 Å². The van der Waals surface area contributed by atoms with Gasteiger partial charge in [0, 0.05) is 13.0 Å². The number of carbonyl (C=O) groups is 1. The van der Waals surface area contributed by atoms with Gasteiger partial charge in [0.2, 0.25) is 10.0 Å². The second-order valence-electron chi connectivity index (χ2n) is 3.81. The van der Waals surface area contributed by atoms with Crippen LogP contribution in [0.15, 0.2) is 21.5 Å². The molecule has 0 atom stereocenters. The van der Waals surface area contributed by atoms with Crippen LogP contribution in [0.3, 0.4) is 0 Å². The Morgan fingerprint density at radius 2 is 2.15 bits per heavy atom. The minimum absolute atomic E-state index is 0.0102. The van der Waals surface area contributed by atoms with Gasteiger partial charge in [-0.1, -0.05) is 0 Å². The lowest BCUT2D eigenvalue weighted by Crippen LogP contribution is -2.25. The number of carboxylic acids is 1. The zero-order valence-electron chi connectivity index (χ0n) is 10.5. The molecule has 0 aliphatic heterocycles. The van der Waals surface area contributed by atoms with Gasteiger partial charge in [-0.15, -0.1) is 0 Å². The van der Waals surface area contributed by atoms with Crippen LogP contribution in [0.4, 0.5) is 4.39 Å². The lowest BCUT2D eigenvalue weighted by Gasteiger charge is -2.11. The van der Waals surface area contributed by atoms with Gasteiger partial charge in [-0.25, -0.2) is 17.5 Å². The first-order chi connectivity index (χ1) is 9.27. The molecule has 0 aromatic heterocycles. The molecule has 0 bridgehead atoms. The summed E-state index contributed by atoms with van der Waals surface area (Å²) in [5.74, 6) is -1.77. The molecule has 0 unspecified atom stereocenters. The van der Waals surface area contributed by atoms with Crippen molar-refractivity contribution in [1.29, 1.82) is 0 Å². The first-order valence-corrected chi connectivity index (χ1v) is 7.80. The summed E-state index contributed by atoms with van der Waals surface area (Å²) in [7, 11) is -2.70. The van der Waals surface area contributed by atoms with Crippen molar-refractivity contribution in [2.75, 3.05) is 13.7 Å². The SMILES string of the molecule is COc1cc(Br)c(F)cc1S(=O)(=O)NCCCC(=O)O. The van der Waals surface area contributed by atoms with Gasteiger partial charge in [0.15, 0.2) is 0 Å². The first-order valence-electron chi connectivity index (χ1n) is 5.52. The van der Waals surface area contributed by atoms with Gasteiger partial charge in [0.25, 0.3) is 0 Å². The zero-order valence-corrected chi connectivity index (χ0v) is 12.9. The third kappa shape index (κ3) is 4.43. The standard InChI is InChI=1S/C11H13BrFNO5S/c1-19-9-5-7(12)8(13)6-10(9)20(17,18)14-4-2-3-11(15)16/h5-6,14H,2-4H2,1H3,(H,15,16). The quantitative estimate of drug-likeness (QED) is 0.714. The monoisotopic (exact) mass is 369 g/mol. The van der Waals surface area contributed by atoms with E-state index in [0.717, 1.165) is 6.07 Å². The van der Waals surface area contributed by atoms with Crippen molar-refractivity contribution in [1.82, 2.24) is 4.72 Å². The topological polar surface area (TPSA) is 92.7 Å². The van der Waals surface area contributed by atoms with E-state index in [-0.39, 0.29) is 34.5 Å².